The number of aryl methyl sites for hydroxylation is 2. The van der Waals surface area contributed by atoms with E-state index in [1.54, 1.807) is 11.3 Å². The molecule has 0 spiro atoms. The van der Waals surface area contributed by atoms with Gasteiger partial charge in [0.2, 0.25) is 0 Å². The standard InChI is InChI=1S/C15H21N3S/c1-11-7-13(8-16-3)5-6-14(11)18(4)9-15-12(2)17-10-19-15/h5-7,10,16H,8-9H2,1-4H3. The molecule has 0 amide bonds. The topological polar surface area (TPSA) is 28.2 Å². The summed E-state index contributed by atoms with van der Waals surface area (Å²) >= 11 is 1.73. The second-order valence-corrected chi connectivity index (χ2v) is 5.81. The molecule has 0 unspecified atom stereocenters. The Morgan fingerprint density at radius 3 is 2.68 bits per heavy atom. The van der Waals surface area contributed by atoms with Crippen LogP contribution in [-0.4, -0.2) is 19.1 Å². The summed E-state index contributed by atoms with van der Waals surface area (Å²) < 4.78 is 0. The Hall–Kier alpha value is -1.39. The number of aromatic nitrogens is 1. The zero-order valence-corrected chi connectivity index (χ0v) is 12.8. The molecule has 0 atom stereocenters. The summed E-state index contributed by atoms with van der Waals surface area (Å²) in [6.07, 6.45) is 0. The van der Waals surface area contributed by atoms with Crippen molar-refractivity contribution in [1.82, 2.24) is 10.3 Å². The van der Waals surface area contributed by atoms with E-state index < -0.39 is 0 Å². The van der Waals surface area contributed by atoms with Crippen molar-refractivity contribution in [1.29, 1.82) is 0 Å². The zero-order chi connectivity index (χ0) is 13.8. The Morgan fingerprint density at radius 2 is 2.11 bits per heavy atom. The van der Waals surface area contributed by atoms with E-state index in [9.17, 15) is 0 Å². The van der Waals surface area contributed by atoms with Crippen LogP contribution in [0.5, 0.6) is 0 Å². The van der Waals surface area contributed by atoms with Crippen LogP contribution in [-0.2, 0) is 13.1 Å². The Bertz CT molecular complexity index is 548. The zero-order valence-electron chi connectivity index (χ0n) is 12.0. The van der Waals surface area contributed by atoms with Gasteiger partial charge >= 0.3 is 0 Å². The molecule has 0 aliphatic heterocycles. The van der Waals surface area contributed by atoms with Gasteiger partial charge in [-0.3, -0.25) is 0 Å². The van der Waals surface area contributed by atoms with Crippen molar-refractivity contribution < 1.29 is 0 Å². The van der Waals surface area contributed by atoms with Crippen molar-refractivity contribution in [2.75, 3.05) is 19.0 Å². The normalized spacial score (nSPS) is 10.7. The summed E-state index contributed by atoms with van der Waals surface area (Å²) in [7, 11) is 4.11. The number of anilines is 1. The molecule has 0 aliphatic rings. The molecule has 0 radical (unpaired) electrons. The monoisotopic (exact) mass is 275 g/mol. The molecule has 1 heterocycles. The lowest BCUT2D eigenvalue weighted by Crippen LogP contribution is -2.17. The van der Waals surface area contributed by atoms with Crippen LogP contribution in [0, 0.1) is 13.8 Å². The first-order valence-corrected chi connectivity index (χ1v) is 7.34. The van der Waals surface area contributed by atoms with E-state index in [1.165, 1.54) is 21.7 Å². The molecule has 0 fully saturated rings. The number of rotatable bonds is 5. The van der Waals surface area contributed by atoms with Crippen LogP contribution in [0.1, 0.15) is 21.7 Å². The molecule has 4 heteroatoms. The minimum Gasteiger partial charge on any atom is -0.369 e. The fraction of sp³-hybridized carbons (Fsp3) is 0.400. The number of thiazole rings is 1. The van der Waals surface area contributed by atoms with Gasteiger partial charge in [-0.15, -0.1) is 11.3 Å². The van der Waals surface area contributed by atoms with Gasteiger partial charge in [-0.25, -0.2) is 4.98 Å². The van der Waals surface area contributed by atoms with Gasteiger partial charge in [0, 0.05) is 24.2 Å². The van der Waals surface area contributed by atoms with Gasteiger partial charge in [0.15, 0.2) is 0 Å². The lowest BCUT2D eigenvalue weighted by Gasteiger charge is -2.21. The van der Waals surface area contributed by atoms with Crippen LogP contribution in [0.3, 0.4) is 0 Å². The highest BCUT2D eigenvalue weighted by atomic mass is 32.1. The molecular weight excluding hydrogens is 254 g/mol. The molecule has 102 valence electrons. The van der Waals surface area contributed by atoms with Gasteiger partial charge in [-0.05, 0) is 38.1 Å². The molecule has 1 aromatic heterocycles. The molecule has 0 bridgehead atoms. The number of benzene rings is 1. The Labute approximate surface area is 119 Å². The largest absolute Gasteiger partial charge is 0.369 e. The predicted octanol–water partition coefficient (Wildman–Crippen LogP) is 3.12. The molecule has 2 rings (SSSR count). The fourth-order valence-corrected chi connectivity index (χ4v) is 3.07. The number of nitrogens with zero attached hydrogens (tertiary/aromatic N) is 2. The van der Waals surface area contributed by atoms with Gasteiger partial charge in [0.05, 0.1) is 17.7 Å². The maximum absolute atomic E-state index is 4.31. The van der Waals surface area contributed by atoms with Crippen molar-refractivity contribution in [3.63, 3.8) is 0 Å². The third-order valence-electron chi connectivity index (χ3n) is 3.28. The van der Waals surface area contributed by atoms with Crippen molar-refractivity contribution >= 4 is 17.0 Å². The van der Waals surface area contributed by atoms with Crippen LogP contribution < -0.4 is 10.2 Å². The molecule has 0 aliphatic carbocycles. The van der Waals surface area contributed by atoms with E-state index in [4.69, 9.17) is 0 Å². The number of nitrogens with one attached hydrogen (secondary N) is 1. The first kappa shape index (κ1) is 14.0. The maximum atomic E-state index is 4.31. The van der Waals surface area contributed by atoms with Crippen LogP contribution in [0.15, 0.2) is 23.7 Å². The summed E-state index contributed by atoms with van der Waals surface area (Å²) in [5.74, 6) is 0. The SMILES string of the molecule is CNCc1ccc(N(C)Cc2scnc2C)c(C)c1. The van der Waals surface area contributed by atoms with E-state index in [0.29, 0.717) is 0 Å². The average Bonchev–Trinajstić information content (AvgIpc) is 2.75. The first-order chi connectivity index (χ1) is 9.11. The molecular formula is C15H21N3S. The van der Waals surface area contributed by atoms with Crippen LogP contribution >= 0.6 is 11.3 Å². The molecule has 1 aromatic carbocycles. The summed E-state index contributed by atoms with van der Waals surface area (Å²) in [5, 5.41) is 3.18. The van der Waals surface area contributed by atoms with E-state index in [2.05, 4.69) is 54.3 Å². The highest BCUT2D eigenvalue weighted by molar-refractivity contribution is 7.09. The maximum Gasteiger partial charge on any atom is 0.0798 e. The summed E-state index contributed by atoms with van der Waals surface area (Å²) in [4.78, 5) is 7.93. The molecule has 2 aromatic rings. The second-order valence-electron chi connectivity index (χ2n) is 4.87. The number of hydrogen-bond donors (Lipinski definition) is 1. The molecule has 19 heavy (non-hydrogen) atoms. The van der Waals surface area contributed by atoms with E-state index in [-0.39, 0.29) is 0 Å². The van der Waals surface area contributed by atoms with E-state index >= 15 is 0 Å². The minimum atomic E-state index is 0.915. The van der Waals surface area contributed by atoms with Crippen molar-refractivity contribution in [2.45, 2.75) is 26.9 Å². The lowest BCUT2D eigenvalue weighted by molar-refractivity contribution is 0.816. The van der Waals surface area contributed by atoms with Crippen molar-refractivity contribution in [2.24, 2.45) is 0 Å². The number of hydrogen-bond acceptors (Lipinski definition) is 4. The third-order valence-corrected chi connectivity index (χ3v) is 4.20. The van der Waals surface area contributed by atoms with E-state index in [1.807, 2.05) is 12.6 Å². The second kappa shape index (κ2) is 6.17. The lowest BCUT2D eigenvalue weighted by atomic mass is 10.1. The van der Waals surface area contributed by atoms with Gasteiger partial charge in [-0.2, -0.15) is 0 Å². The van der Waals surface area contributed by atoms with E-state index in [0.717, 1.165) is 18.8 Å². The summed E-state index contributed by atoms with van der Waals surface area (Å²) in [6.45, 7) is 6.08. The Kier molecular flexibility index (Phi) is 4.56. The average molecular weight is 275 g/mol. The fourth-order valence-electron chi connectivity index (χ4n) is 2.24. The van der Waals surface area contributed by atoms with Gasteiger partial charge < -0.3 is 10.2 Å². The minimum absolute atomic E-state index is 0.915. The summed E-state index contributed by atoms with van der Waals surface area (Å²) in [5.41, 5.74) is 6.99. The van der Waals surface area contributed by atoms with Crippen LogP contribution in [0.2, 0.25) is 0 Å². The summed E-state index contributed by atoms with van der Waals surface area (Å²) in [6, 6.07) is 6.65. The van der Waals surface area contributed by atoms with Crippen molar-refractivity contribution in [3.05, 3.63) is 45.4 Å². The predicted molar refractivity (Wildman–Crippen MR) is 82.9 cm³/mol. The molecule has 3 nitrogen and oxygen atoms in total. The highest BCUT2D eigenvalue weighted by Gasteiger charge is 2.09. The van der Waals surface area contributed by atoms with Crippen LogP contribution in [0.4, 0.5) is 5.69 Å². The molecule has 0 saturated heterocycles. The first-order valence-electron chi connectivity index (χ1n) is 6.46. The van der Waals surface area contributed by atoms with Crippen molar-refractivity contribution in [3.8, 4) is 0 Å². The van der Waals surface area contributed by atoms with Gasteiger partial charge in [0.25, 0.3) is 0 Å². The van der Waals surface area contributed by atoms with Crippen LogP contribution in [0.25, 0.3) is 0 Å². The van der Waals surface area contributed by atoms with Gasteiger partial charge in [-0.1, -0.05) is 12.1 Å². The quantitative estimate of drug-likeness (QED) is 0.909. The molecule has 1 N–H and O–H groups in total. The third kappa shape index (κ3) is 3.33. The van der Waals surface area contributed by atoms with Gasteiger partial charge in [0.1, 0.15) is 0 Å². The smallest absolute Gasteiger partial charge is 0.0798 e. The Balaban J connectivity index is 2.15. The highest BCUT2D eigenvalue weighted by Crippen LogP contribution is 2.23. The Morgan fingerprint density at radius 1 is 1.32 bits per heavy atom. The molecule has 0 saturated carbocycles.